The molecule has 0 bridgehead atoms. The molecule has 0 saturated carbocycles. The first-order valence-corrected chi connectivity index (χ1v) is 20.6. The highest BCUT2D eigenvalue weighted by atomic mass is 15.1. The van der Waals surface area contributed by atoms with E-state index >= 15 is 0 Å². The number of fused-ring (bicyclic) bond motifs is 4. The van der Waals surface area contributed by atoms with Crippen LogP contribution >= 0.6 is 0 Å². The predicted molar refractivity (Wildman–Crippen MR) is 255 cm³/mol. The molecule has 0 N–H and O–H groups in total. The van der Waals surface area contributed by atoms with Gasteiger partial charge in [-0.25, -0.2) is 0 Å². The third-order valence-corrected chi connectivity index (χ3v) is 11.8. The minimum Gasteiger partial charge on any atom is -0.310 e. The molecule has 2 heteroatoms. The summed E-state index contributed by atoms with van der Waals surface area (Å²) in [7, 11) is 0. The predicted octanol–water partition coefficient (Wildman–Crippen LogP) is 16.1. The lowest BCUT2D eigenvalue weighted by Crippen LogP contribution is -2.10. The fraction of sp³-hybridized carbons (Fsp3) is 0. The SMILES string of the molecule is c1ccc(-c2ccc(-c3ccc(N(c4ccccc4)c4ccc5c6ccccc6n(-c6ccccc6-c6ccccc6)c5c4)cc3-c3cccc4ccccc34)cc2)cc1. The van der Waals surface area contributed by atoms with Crippen molar-refractivity contribution < 1.29 is 0 Å². The Morgan fingerprint density at radius 3 is 1.60 bits per heavy atom. The normalized spacial score (nSPS) is 11.3. The summed E-state index contributed by atoms with van der Waals surface area (Å²) in [6.45, 7) is 0. The Kier molecular flexibility index (Phi) is 8.87. The standard InChI is InChI=1S/C58H40N2/c1-4-17-41(18-5-1)42-31-33-45(34-32-42)50-37-35-47(39-55(50)52-28-16-22-43-21-10-11-25-49(43)52)59(46-23-8-3-9-24-46)48-36-38-54-53-27-13-15-30-57(53)60(58(54)40-48)56-29-14-12-26-51(56)44-19-6-2-7-20-44/h1-40H. The van der Waals surface area contributed by atoms with Crippen LogP contribution in [0.5, 0.6) is 0 Å². The van der Waals surface area contributed by atoms with Gasteiger partial charge in [-0.15, -0.1) is 0 Å². The lowest BCUT2D eigenvalue weighted by molar-refractivity contribution is 1.18. The highest BCUT2D eigenvalue weighted by Gasteiger charge is 2.21. The number of rotatable bonds is 8. The molecule has 0 radical (unpaired) electrons. The third-order valence-electron chi connectivity index (χ3n) is 11.8. The van der Waals surface area contributed by atoms with Crippen LogP contribution in [0.15, 0.2) is 243 Å². The second kappa shape index (κ2) is 15.1. The molecular formula is C58H40N2. The number of hydrogen-bond donors (Lipinski definition) is 0. The summed E-state index contributed by atoms with van der Waals surface area (Å²) in [6, 6.07) is 87.9. The van der Waals surface area contributed by atoms with Crippen LogP contribution in [-0.4, -0.2) is 4.57 Å². The average Bonchev–Trinajstić information content (AvgIpc) is 3.66. The summed E-state index contributed by atoms with van der Waals surface area (Å²) in [5, 5.41) is 4.90. The number of benzene rings is 10. The molecule has 0 aliphatic carbocycles. The maximum atomic E-state index is 2.45. The molecule has 1 aromatic heterocycles. The molecule has 282 valence electrons. The quantitative estimate of drug-likeness (QED) is 0.150. The summed E-state index contributed by atoms with van der Waals surface area (Å²) >= 11 is 0. The zero-order valence-corrected chi connectivity index (χ0v) is 33.0. The minimum absolute atomic E-state index is 1.08. The smallest absolute Gasteiger partial charge is 0.0562 e. The van der Waals surface area contributed by atoms with Gasteiger partial charge in [0.2, 0.25) is 0 Å². The van der Waals surface area contributed by atoms with Crippen molar-refractivity contribution in [3.05, 3.63) is 243 Å². The molecule has 2 nitrogen and oxygen atoms in total. The molecule has 11 rings (SSSR count). The molecule has 0 amide bonds. The van der Waals surface area contributed by atoms with Gasteiger partial charge in [-0.2, -0.15) is 0 Å². The molecule has 10 aromatic carbocycles. The molecule has 0 spiro atoms. The van der Waals surface area contributed by atoms with Crippen LogP contribution in [0.2, 0.25) is 0 Å². The number of hydrogen-bond acceptors (Lipinski definition) is 1. The van der Waals surface area contributed by atoms with E-state index in [4.69, 9.17) is 0 Å². The highest BCUT2D eigenvalue weighted by molar-refractivity contribution is 6.11. The lowest BCUT2D eigenvalue weighted by Gasteiger charge is -2.27. The van der Waals surface area contributed by atoms with E-state index in [-0.39, 0.29) is 0 Å². The van der Waals surface area contributed by atoms with Crippen molar-refractivity contribution in [2.75, 3.05) is 4.90 Å². The minimum atomic E-state index is 1.08. The van der Waals surface area contributed by atoms with Gasteiger partial charge in [0.25, 0.3) is 0 Å². The summed E-state index contributed by atoms with van der Waals surface area (Å²) in [5.74, 6) is 0. The van der Waals surface area contributed by atoms with Crippen molar-refractivity contribution in [1.29, 1.82) is 0 Å². The van der Waals surface area contributed by atoms with Crippen LogP contribution in [-0.2, 0) is 0 Å². The fourth-order valence-corrected chi connectivity index (χ4v) is 8.99. The Morgan fingerprint density at radius 2 is 0.800 bits per heavy atom. The molecule has 0 aliphatic heterocycles. The molecular weight excluding hydrogens is 725 g/mol. The lowest BCUT2D eigenvalue weighted by atomic mass is 9.90. The van der Waals surface area contributed by atoms with Crippen molar-refractivity contribution >= 4 is 49.6 Å². The first-order valence-electron chi connectivity index (χ1n) is 20.6. The van der Waals surface area contributed by atoms with E-state index in [0.29, 0.717) is 0 Å². The summed E-state index contributed by atoms with van der Waals surface area (Å²) in [6.07, 6.45) is 0. The zero-order valence-electron chi connectivity index (χ0n) is 33.0. The van der Waals surface area contributed by atoms with Gasteiger partial charge in [0, 0.05) is 33.4 Å². The van der Waals surface area contributed by atoms with E-state index in [2.05, 4.69) is 252 Å². The van der Waals surface area contributed by atoms with E-state index in [0.717, 1.165) is 28.3 Å². The van der Waals surface area contributed by atoms with Crippen LogP contribution in [0.25, 0.3) is 82.8 Å². The Hall–Kier alpha value is -7.94. The molecule has 0 saturated heterocycles. The van der Waals surface area contributed by atoms with Crippen LogP contribution < -0.4 is 4.90 Å². The molecule has 0 atom stereocenters. The van der Waals surface area contributed by atoms with Gasteiger partial charge in [0.05, 0.1) is 16.7 Å². The number of nitrogens with zero attached hydrogens (tertiary/aromatic N) is 2. The average molecular weight is 765 g/mol. The van der Waals surface area contributed by atoms with Crippen molar-refractivity contribution in [2.45, 2.75) is 0 Å². The number of aromatic nitrogens is 1. The van der Waals surface area contributed by atoms with Gasteiger partial charge in [-0.3, -0.25) is 0 Å². The molecule has 0 fully saturated rings. The van der Waals surface area contributed by atoms with Crippen molar-refractivity contribution in [2.24, 2.45) is 0 Å². The van der Waals surface area contributed by atoms with Gasteiger partial charge < -0.3 is 9.47 Å². The maximum Gasteiger partial charge on any atom is 0.0562 e. The Morgan fingerprint density at radius 1 is 0.267 bits per heavy atom. The second-order valence-electron chi connectivity index (χ2n) is 15.3. The molecule has 0 unspecified atom stereocenters. The van der Waals surface area contributed by atoms with E-state index < -0.39 is 0 Å². The Labute approximate surface area is 350 Å². The maximum absolute atomic E-state index is 2.45. The van der Waals surface area contributed by atoms with Crippen molar-refractivity contribution in [1.82, 2.24) is 4.57 Å². The highest BCUT2D eigenvalue weighted by Crippen LogP contribution is 2.45. The largest absolute Gasteiger partial charge is 0.310 e. The van der Waals surface area contributed by atoms with Crippen LogP contribution in [0.4, 0.5) is 17.1 Å². The van der Waals surface area contributed by atoms with Crippen LogP contribution in [0, 0.1) is 0 Å². The molecule has 60 heavy (non-hydrogen) atoms. The van der Waals surface area contributed by atoms with Gasteiger partial charge in [-0.05, 0) is 98.2 Å². The van der Waals surface area contributed by atoms with Crippen molar-refractivity contribution in [3.8, 4) is 50.2 Å². The molecule has 11 aromatic rings. The van der Waals surface area contributed by atoms with Crippen molar-refractivity contribution in [3.63, 3.8) is 0 Å². The summed E-state index contributed by atoms with van der Waals surface area (Å²) in [4.78, 5) is 2.40. The fourth-order valence-electron chi connectivity index (χ4n) is 8.99. The van der Waals surface area contributed by atoms with Crippen LogP contribution in [0.1, 0.15) is 0 Å². The summed E-state index contributed by atoms with van der Waals surface area (Å²) < 4.78 is 2.45. The monoisotopic (exact) mass is 764 g/mol. The topological polar surface area (TPSA) is 8.17 Å². The van der Waals surface area contributed by atoms with Crippen LogP contribution in [0.3, 0.4) is 0 Å². The Balaban J connectivity index is 1.13. The first kappa shape index (κ1) is 35.2. The van der Waals surface area contributed by atoms with E-state index in [1.165, 1.54) is 71.6 Å². The second-order valence-corrected chi connectivity index (χ2v) is 15.3. The van der Waals surface area contributed by atoms with Gasteiger partial charge in [0.15, 0.2) is 0 Å². The number of anilines is 3. The van der Waals surface area contributed by atoms with Gasteiger partial charge in [-0.1, -0.05) is 194 Å². The summed E-state index contributed by atoms with van der Waals surface area (Å²) in [5.41, 5.74) is 16.3. The van der Waals surface area contributed by atoms with Gasteiger partial charge >= 0.3 is 0 Å². The van der Waals surface area contributed by atoms with E-state index in [1.54, 1.807) is 0 Å². The molecule has 1 heterocycles. The van der Waals surface area contributed by atoms with E-state index in [1.807, 2.05) is 0 Å². The Bertz CT molecular complexity index is 3290. The zero-order chi connectivity index (χ0) is 39.8. The first-order chi connectivity index (χ1) is 29.8. The van der Waals surface area contributed by atoms with E-state index in [9.17, 15) is 0 Å². The number of para-hydroxylation sites is 3. The third kappa shape index (κ3) is 6.23. The molecule has 0 aliphatic rings. The van der Waals surface area contributed by atoms with Gasteiger partial charge in [0.1, 0.15) is 0 Å².